The summed E-state index contributed by atoms with van der Waals surface area (Å²) in [7, 11) is 0. The second-order valence-electron chi connectivity index (χ2n) is 0. The maximum Gasteiger partial charge on any atom is 0 e. The van der Waals surface area contributed by atoms with Gasteiger partial charge < -0.3 is 5.48 Å². The SMILES string of the molecule is O.[Na].[Na].[Na].[Na].[Na].[Na].[Na].[Na].[Na].[Na].[Na].[Na]. The molecule has 0 rings (SSSR count). The van der Waals surface area contributed by atoms with Crippen LogP contribution in [-0.4, -0.2) is 360 Å². The summed E-state index contributed by atoms with van der Waals surface area (Å²) in [5, 5.41) is 0. The first-order valence-corrected chi connectivity index (χ1v) is 0. The van der Waals surface area contributed by atoms with E-state index >= 15 is 0 Å². The van der Waals surface area contributed by atoms with Gasteiger partial charge in [-0.25, -0.2) is 0 Å². The molecule has 13 heteroatoms. The third-order valence-electron chi connectivity index (χ3n) is 0. The molecule has 13 heavy (non-hydrogen) atoms. The van der Waals surface area contributed by atoms with Crippen LogP contribution in [0.5, 0.6) is 0 Å². The molecule has 0 saturated carbocycles. The average Bonchev–Trinajstić information content (AvgIpc) is 0. The van der Waals surface area contributed by atoms with E-state index < -0.39 is 0 Å². The minimum Gasteiger partial charge on any atom is -0.412 e. The van der Waals surface area contributed by atoms with Gasteiger partial charge >= 0.3 is 0 Å². The summed E-state index contributed by atoms with van der Waals surface area (Å²) in [5.41, 5.74) is 0. The van der Waals surface area contributed by atoms with Crippen molar-refractivity contribution in [3.8, 4) is 0 Å². The van der Waals surface area contributed by atoms with Gasteiger partial charge in [0.15, 0.2) is 0 Å². The summed E-state index contributed by atoms with van der Waals surface area (Å²) in [6, 6.07) is 0. The fourth-order valence-corrected chi connectivity index (χ4v) is 0. The molecule has 1 nitrogen and oxygen atoms in total. The standard InChI is InChI=1S/12Na.H2O/h;;;;;;;;;;;;1H2. The zero-order valence-electron chi connectivity index (χ0n) is 12.5. The minimum atomic E-state index is 0. The van der Waals surface area contributed by atoms with E-state index in [1.807, 2.05) is 0 Å². The molecule has 20 valence electrons. The normalized spacial score (nSPS) is 0. The van der Waals surface area contributed by atoms with E-state index in [2.05, 4.69) is 0 Å². The first-order valence-electron chi connectivity index (χ1n) is 0. The van der Waals surface area contributed by atoms with Crippen molar-refractivity contribution >= 4 is 355 Å². The molecule has 0 fully saturated rings. The van der Waals surface area contributed by atoms with E-state index in [1.165, 1.54) is 0 Å². The largest absolute Gasteiger partial charge is 0.412 e. The summed E-state index contributed by atoms with van der Waals surface area (Å²) in [5.74, 6) is 0. The van der Waals surface area contributed by atoms with Crippen molar-refractivity contribution in [3.05, 3.63) is 0 Å². The van der Waals surface area contributed by atoms with Crippen LogP contribution in [0.25, 0.3) is 0 Å². The fraction of sp³-hybridized carbons (Fsp3) is 0. The Kier molecular flexibility index (Phi) is 680. The Morgan fingerprint density at radius 1 is 0.154 bits per heavy atom. The number of hydrogen-bond donors (Lipinski definition) is 0. The Balaban J connectivity index is 0. The molecule has 0 bridgehead atoms. The Morgan fingerprint density at radius 3 is 0.154 bits per heavy atom. The second kappa shape index (κ2) is 88.3. The van der Waals surface area contributed by atoms with Gasteiger partial charge in [0.25, 0.3) is 0 Å². The Morgan fingerprint density at radius 2 is 0.154 bits per heavy atom. The second-order valence-corrected chi connectivity index (χ2v) is 0. The molecule has 0 aliphatic carbocycles. The van der Waals surface area contributed by atoms with Gasteiger partial charge in [-0.1, -0.05) is 0 Å². The molecule has 2 N–H and O–H groups in total. The average molecular weight is 294 g/mol. The van der Waals surface area contributed by atoms with Crippen LogP contribution in [0.4, 0.5) is 0 Å². The van der Waals surface area contributed by atoms with Gasteiger partial charge in [0.2, 0.25) is 0 Å². The maximum absolute atomic E-state index is 0. The molecule has 0 unspecified atom stereocenters. The Hall–Kier alpha value is 12.0. The summed E-state index contributed by atoms with van der Waals surface area (Å²) in [6.07, 6.45) is 0. The summed E-state index contributed by atoms with van der Waals surface area (Å²) in [6.45, 7) is 0. The molecule has 0 amide bonds. The van der Waals surface area contributed by atoms with E-state index in [4.69, 9.17) is 0 Å². The van der Waals surface area contributed by atoms with Crippen LogP contribution in [0, 0.1) is 0 Å². The van der Waals surface area contributed by atoms with E-state index in [9.17, 15) is 0 Å². The third-order valence-corrected chi connectivity index (χ3v) is 0. The zero-order valence-corrected chi connectivity index (χ0v) is 36.5. The predicted octanol–water partition coefficient (Wildman–Crippen LogP) is -5.39. The van der Waals surface area contributed by atoms with E-state index in [0.717, 1.165) is 0 Å². The zero-order chi connectivity index (χ0) is 0. The van der Waals surface area contributed by atoms with Crippen molar-refractivity contribution in [1.82, 2.24) is 0 Å². The van der Waals surface area contributed by atoms with Crippen molar-refractivity contribution in [2.24, 2.45) is 0 Å². The molecular formula is H2Na12O. The first-order chi connectivity index (χ1) is 0. The van der Waals surface area contributed by atoms with Gasteiger partial charge in [0.05, 0.1) is 0 Å². The molecule has 0 aromatic carbocycles. The Labute approximate surface area is 348 Å². The van der Waals surface area contributed by atoms with Crippen LogP contribution in [-0.2, 0) is 0 Å². The molecule has 0 aromatic heterocycles. The third kappa shape index (κ3) is 80.8. The van der Waals surface area contributed by atoms with Crippen molar-refractivity contribution in [2.45, 2.75) is 0 Å². The molecule has 0 aliphatic rings. The van der Waals surface area contributed by atoms with Crippen LogP contribution >= 0.6 is 0 Å². The molecule has 0 aliphatic heterocycles. The van der Waals surface area contributed by atoms with Gasteiger partial charge in [0.1, 0.15) is 0 Å². The maximum atomic E-state index is 0. The van der Waals surface area contributed by atoms with Crippen LogP contribution in [0.1, 0.15) is 0 Å². The van der Waals surface area contributed by atoms with Crippen LogP contribution in [0.15, 0.2) is 0 Å². The molecule has 0 spiro atoms. The van der Waals surface area contributed by atoms with Gasteiger partial charge in [-0.15, -0.1) is 0 Å². The van der Waals surface area contributed by atoms with Crippen LogP contribution in [0.2, 0.25) is 0 Å². The molecule has 0 heterocycles. The Bertz CT molecular complexity index is 5.09. The van der Waals surface area contributed by atoms with E-state index in [1.54, 1.807) is 0 Å². The van der Waals surface area contributed by atoms with Crippen molar-refractivity contribution < 1.29 is 5.48 Å². The van der Waals surface area contributed by atoms with Crippen molar-refractivity contribution in [2.75, 3.05) is 0 Å². The van der Waals surface area contributed by atoms with Gasteiger partial charge in [0, 0.05) is 355 Å². The monoisotopic (exact) mass is 294 g/mol. The molecular weight excluding hydrogens is 292 g/mol. The van der Waals surface area contributed by atoms with Crippen LogP contribution in [0.3, 0.4) is 0 Å². The van der Waals surface area contributed by atoms with Gasteiger partial charge in [-0.2, -0.15) is 0 Å². The van der Waals surface area contributed by atoms with Gasteiger partial charge in [-0.05, 0) is 0 Å². The summed E-state index contributed by atoms with van der Waals surface area (Å²) in [4.78, 5) is 0. The topological polar surface area (TPSA) is 31.5 Å². The predicted molar refractivity (Wildman–Crippen MR) is 72.7 cm³/mol. The first kappa shape index (κ1) is 100. The smallest absolute Gasteiger partial charge is 0 e. The summed E-state index contributed by atoms with van der Waals surface area (Å²) < 4.78 is 0. The van der Waals surface area contributed by atoms with Crippen molar-refractivity contribution in [3.63, 3.8) is 0 Å². The van der Waals surface area contributed by atoms with E-state index in [-0.39, 0.29) is 360 Å². The van der Waals surface area contributed by atoms with Crippen LogP contribution < -0.4 is 0 Å². The summed E-state index contributed by atoms with van der Waals surface area (Å²) >= 11 is 0. The quantitative estimate of drug-likeness (QED) is 0.400. The van der Waals surface area contributed by atoms with Crippen molar-refractivity contribution in [1.29, 1.82) is 0 Å². The molecule has 12 radical (unpaired) electrons. The molecule has 0 atom stereocenters. The molecule has 0 saturated heterocycles. The van der Waals surface area contributed by atoms with E-state index in [0.29, 0.717) is 0 Å². The molecule has 0 aromatic rings. The minimum absolute atomic E-state index is 0. The fourth-order valence-electron chi connectivity index (χ4n) is 0. The number of hydrogen-bond acceptors (Lipinski definition) is 0. The van der Waals surface area contributed by atoms with Gasteiger partial charge in [-0.3, -0.25) is 0 Å². The number of rotatable bonds is 0.